The standard InChI is InChI=1S/C30H29Cl2N3O9/c1-15(2)26(34-27(39)23-11-16-7-4-5-10-22(16)43-23)20-13-30(3,44-35-20)29(41)33-19(12-24(37)38)21(36)14-42-28(40)25-17(31)8-6-9-18(25)32/h4-11,15,19,26H,12-14H2,1-3H3,(H,33,41)(H,34,39)(H,37,38)/t19-,26-,30?/m0/s1. The lowest BCUT2D eigenvalue weighted by Crippen LogP contribution is -2.53. The number of hydrogen-bond acceptors (Lipinski definition) is 9. The third-order valence-electron chi connectivity index (χ3n) is 6.91. The van der Waals surface area contributed by atoms with Gasteiger partial charge in [-0.25, -0.2) is 4.79 Å². The molecule has 0 spiro atoms. The van der Waals surface area contributed by atoms with Crippen molar-refractivity contribution < 1.29 is 43.1 Å². The lowest BCUT2D eigenvalue weighted by atomic mass is 9.90. The molecule has 232 valence electrons. The maximum absolute atomic E-state index is 13.3. The number of ketones is 1. The molecule has 3 atom stereocenters. The number of carboxylic acids is 1. The molecule has 0 bridgehead atoms. The minimum Gasteiger partial charge on any atom is -0.481 e. The van der Waals surface area contributed by atoms with E-state index in [0.29, 0.717) is 11.3 Å². The van der Waals surface area contributed by atoms with E-state index in [0.717, 1.165) is 5.39 Å². The zero-order chi connectivity index (χ0) is 32.2. The molecule has 0 fully saturated rings. The molecular formula is C30H29Cl2N3O9. The summed E-state index contributed by atoms with van der Waals surface area (Å²) in [6.07, 6.45) is -0.864. The van der Waals surface area contributed by atoms with Crippen LogP contribution in [0.5, 0.6) is 0 Å². The summed E-state index contributed by atoms with van der Waals surface area (Å²) in [6.45, 7) is 4.25. The van der Waals surface area contributed by atoms with Gasteiger partial charge in [-0.2, -0.15) is 0 Å². The number of carbonyl (C=O) groups is 5. The molecule has 1 unspecified atom stereocenters. The Morgan fingerprint density at radius 1 is 1.05 bits per heavy atom. The number of esters is 1. The fourth-order valence-corrected chi connectivity index (χ4v) is 5.08. The number of amides is 2. The summed E-state index contributed by atoms with van der Waals surface area (Å²) < 4.78 is 10.7. The maximum Gasteiger partial charge on any atom is 0.341 e. The normalized spacial score (nSPS) is 17.4. The number of hydrogen-bond donors (Lipinski definition) is 3. The predicted molar refractivity (Wildman–Crippen MR) is 160 cm³/mol. The van der Waals surface area contributed by atoms with Crippen molar-refractivity contribution in [3.63, 3.8) is 0 Å². The molecule has 0 radical (unpaired) electrons. The third kappa shape index (κ3) is 7.37. The number of Topliss-reactive ketones (excluding diaryl/α,β-unsaturated/α-hetero) is 1. The van der Waals surface area contributed by atoms with E-state index in [2.05, 4.69) is 15.8 Å². The van der Waals surface area contributed by atoms with Crippen LogP contribution in [0, 0.1) is 5.92 Å². The molecule has 0 saturated heterocycles. The zero-order valence-corrected chi connectivity index (χ0v) is 25.4. The second kappa shape index (κ2) is 13.5. The first kappa shape index (κ1) is 32.5. The highest BCUT2D eigenvalue weighted by molar-refractivity contribution is 6.39. The number of aliphatic carboxylic acids is 1. The van der Waals surface area contributed by atoms with E-state index in [1.165, 1.54) is 25.1 Å². The van der Waals surface area contributed by atoms with Gasteiger partial charge in [-0.3, -0.25) is 19.2 Å². The van der Waals surface area contributed by atoms with Gasteiger partial charge in [-0.15, -0.1) is 0 Å². The number of ether oxygens (including phenoxy) is 1. The molecule has 3 aromatic rings. The third-order valence-corrected chi connectivity index (χ3v) is 7.54. The van der Waals surface area contributed by atoms with E-state index in [1.54, 1.807) is 18.2 Å². The number of carboxylic acid groups (broad SMARTS) is 1. The van der Waals surface area contributed by atoms with Crippen molar-refractivity contribution in [3.8, 4) is 0 Å². The Hall–Kier alpha value is -4.42. The lowest BCUT2D eigenvalue weighted by Gasteiger charge is -2.25. The monoisotopic (exact) mass is 645 g/mol. The van der Waals surface area contributed by atoms with Crippen LogP contribution >= 0.6 is 23.2 Å². The Labute approximate surface area is 261 Å². The molecule has 4 rings (SSSR count). The van der Waals surface area contributed by atoms with E-state index >= 15 is 0 Å². The highest BCUT2D eigenvalue weighted by Crippen LogP contribution is 2.28. The van der Waals surface area contributed by atoms with Gasteiger partial charge < -0.3 is 29.7 Å². The molecule has 14 heteroatoms. The Balaban J connectivity index is 1.40. The summed E-state index contributed by atoms with van der Waals surface area (Å²) in [5.74, 6) is -4.65. The van der Waals surface area contributed by atoms with Gasteiger partial charge in [-0.05, 0) is 37.1 Å². The first-order valence-corrected chi connectivity index (χ1v) is 14.3. The highest BCUT2D eigenvalue weighted by Gasteiger charge is 2.46. The van der Waals surface area contributed by atoms with Crippen molar-refractivity contribution in [2.24, 2.45) is 11.1 Å². The van der Waals surface area contributed by atoms with Crippen molar-refractivity contribution in [2.75, 3.05) is 6.61 Å². The zero-order valence-electron chi connectivity index (χ0n) is 23.9. The average Bonchev–Trinajstić information content (AvgIpc) is 3.58. The maximum atomic E-state index is 13.3. The van der Waals surface area contributed by atoms with Gasteiger partial charge in [0.2, 0.25) is 5.60 Å². The number of halogens is 2. The number of carbonyl (C=O) groups excluding carboxylic acids is 4. The summed E-state index contributed by atoms with van der Waals surface area (Å²) in [4.78, 5) is 68.6. The minimum atomic E-state index is -1.63. The van der Waals surface area contributed by atoms with E-state index in [-0.39, 0.29) is 33.7 Å². The van der Waals surface area contributed by atoms with E-state index in [1.807, 2.05) is 26.0 Å². The van der Waals surface area contributed by atoms with Crippen molar-refractivity contribution in [1.29, 1.82) is 0 Å². The first-order chi connectivity index (χ1) is 20.8. The summed E-state index contributed by atoms with van der Waals surface area (Å²) in [5.41, 5.74) is -0.886. The largest absolute Gasteiger partial charge is 0.481 e. The smallest absolute Gasteiger partial charge is 0.341 e. The lowest BCUT2D eigenvalue weighted by molar-refractivity contribution is -0.146. The number of benzene rings is 2. The molecule has 2 aromatic carbocycles. The quantitative estimate of drug-likeness (QED) is 0.241. The Kier molecular flexibility index (Phi) is 9.95. The van der Waals surface area contributed by atoms with Crippen LogP contribution in [0.25, 0.3) is 11.0 Å². The van der Waals surface area contributed by atoms with Crippen molar-refractivity contribution in [2.45, 2.75) is 51.3 Å². The van der Waals surface area contributed by atoms with E-state index in [4.69, 9.17) is 37.2 Å². The Morgan fingerprint density at radius 3 is 2.36 bits per heavy atom. The first-order valence-electron chi connectivity index (χ1n) is 13.5. The predicted octanol–water partition coefficient (Wildman–Crippen LogP) is 4.41. The van der Waals surface area contributed by atoms with Gasteiger partial charge in [0.1, 0.15) is 11.6 Å². The molecule has 1 aliphatic rings. The molecule has 44 heavy (non-hydrogen) atoms. The molecule has 0 aliphatic carbocycles. The van der Waals surface area contributed by atoms with Gasteiger partial charge in [0.15, 0.2) is 18.2 Å². The fraction of sp³-hybridized carbons (Fsp3) is 0.333. The van der Waals surface area contributed by atoms with Crippen LogP contribution in [-0.2, 0) is 24.0 Å². The van der Waals surface area contributed by atoms with Crippen LogP contribution in [0.1, 0.15) is 54.5 Å². The van der Waals surface area contributed by atoms with Crippen LogP contribution in [-0.4, -0.2) is 64.6 Å². The van der Waals surface area contributed by atoms with Crippen LogP contribution < -0.4 is 10.6 Å². The molecule has 3 N–H and O–H groups in total. The molecular weight excluding hydrogens is 617 g/mol. The summed E-state index contributed by atoms with van der Waals surface area (Å²) >= 11 is 12.0. The second-order valence-electron chi connectivity index (χ2n) is 10.7. The summed E-state index contributed by atoms with van der Waals surface area (Å²) in [7, 11) is 0. The molecule has 1 aromatic heterocycles. The second-order valence-corrected chi connectivity index (χ2v) is 11.5. The highest BCUT2D eigenvalue weighted by atomic mass is 35.5. The van der Waals surface area contributed by atoms with Gasteiger partial charge in [0.05, 0.1) is 33.8 Å². The van der Waals surface area contributed by atoms with Crippen LogP contribution in [0.4, 0.5) is 0 Å². The van der Waals surface area contributed by atoms with Gasteiger partial charge in [0.25, 0.3) is 11.8 Å². The number of rotatable bonds is 12. The van der Waals surface area contributed by atoms with Gasteiger partial charge in [0, 0.05) is 11.8 Å². The Bertz CT molecular complexity index is 1600. The average molecular weight is 646 g/mol. The van der Waals surface area contributed by atoms with Crippen molar-refractivity contribution >= 4 is 69.4 Å². The van der Waals surface area contributed by atoms with Gasteiger partial charge >= 0.3 is 11.9 Å². The fourth-order valence-electron chi connectivity index (χ4n) is 4.53. The number of fused-ring (bicyclic) bond motifs is 1. The summed E-state index contributed by atoms with van der Waals surface area (Å²) in [5, 5.41) is 19.4. The summed E-state index contributed by atoms with van der Waals surface area (Å²) in [6, 6.07) is 10.9. The number of furan rings is 1. The van der Waals surface area contributed by atoms with Crippen LogP contribution in [0.2, 0.25) is 10.0 Å². The molecule has 0 saturated carbocycles. The number of nitrogens with zero attached hydrogens (tertiary/aromatic N) is 1. The number of para-hydroxylation sites is 1. The SMILES string of the molecule is CC(C)[C@H](NC(=O)c1cc2ccccc2o1)C1=NOC(C)(C(=O)N[C@@H](CC(=O)O)C(=O)COC(=O)c2c(Cl)cccc2Cl)C1. The van der Waals surface area contributed by atoms with E-state index < -0.39 is 60.2 Å². The molecule has 2 heterocycles. The number of nitrogens with one attached hydrogen (secondary N) is 2. The molecule has 1 aliphatic heterocycles. The topological polar surface area (TPSA) is 174 Å². The van der Waals surface area contributed by atoms with E-state index in [9.17, 15) is 29.1 Å². The minimum absolute atomic E-state index is 0.000860. The van der Waals surface area contributed by atoms with Crippen LogP contribution in [0.15, 0.2) is 58.1 Å². The Morgan fingerprint density at radius 2 is 1.73 bits per heavy atom. The number of oxime groups is 1. The van der Waals surface area contributed by atoms with Gasteiger partial charge in [-0.1, -0.05) is 66.5 Å². The van der Waals surface area contributed by atoms with Crippen LogP contribution in [0.3, 0.4) is 0 Å². The molecule has 12 nitrogen and oxygen atoms in total. The van der Waals surface area contributed by atoms with Crippen molar-refractivity contribution in [1.82, 2.24) is 10.6 Å². The van der Waals surface area contributed by atoms with Crippen molar-refractivity contribution in [3.05, 3.63) is 69.9 Å². The molecule has 2 amide bonds.